The molecule has 13 heavy (non-hydrogen) atoms. The van der Waals surface area contributed by atoms with Crippen LogP contribution in [0, 0.1) is 5.92 Å². The van der Waals surface area contributed by atoms with Crippen LogP contribution in [-0.4, -0.2) is 36.2 Å². The molecule has 0 radical (unpaired) electrons. The highest BCUT2D eigenvalue weighted by molar-refractivity contribution is 5.07. The molecule has 2 rings (SSSR count). The van der Waals surface area contributed by atoms with Crippen LogP contribution in [0.15, 0.2) is 0 Å². The van der Waals surface area contributed by atoms with Gasteiger partial charge in [0.25, 0.3) is 0 Å². The minimum absolute atomic E-state index is 0.379. The summed E-state index contributed by atoms with van der Waals surface area (Å²) >= 11 is 0. The molecule has 76 valence electrons. The minimum atomic E-state index is 0.379. The van der Waals surface area contributed by atoms with Crippen LogP contribution in [0.4, 0.5) is 0 Å². The van der Waals surface area contributed by atoms with Crippen molar-refractivity contribution in [2.75, 3.05) is 19.7 Å². The SMILES string of the molecule is CC(C)OC[C@@]12CCN1CC[C@H]2C. The summed E-state index contributed by atoms with van der Waals surface area (Å²) < 4.78 is 5.78. The normalized spacial score (nSPS) is 39.2. The van der Waals surface area contributed by atoms with Gasteiger partial charge in [-0.2, -0.15) is 0 Å². The van der Waals surface area contributed by atoms with Gasteiger partial charge >= 0.3 is 0 Å². The summed E-state index contributed by atoms with van der Waals surface area (Å²) in [6.45, 7) is 10.2. The van der Waals surface area contributed by atoms with E-state index in [1.54, 1.807) is 0 Å². The monoisotopic (exact) mass is 183 g/mol. The van der Waals surface area contributed by atoms with E-state index < -0.39 is 0 Å². The Hall–Kier alpha value is -0.0800. The molecular weight excluding hydrogens is 162 g/mol. The molecule has 2 saturated heterocycles. The van der Waals surface area contributed by atoms with E-state index in [0.717, 1.165) is 12.5 Å². The predicted molar refractivity (Wildman–Crippen MR) is 53.8 cm³/mol. The van der Waals surface area contributed by atoms with Crippen LogP contribution in [0.2, 0.25) is 0 Å². The van der Waals surface area contributed by atoms with Gasteiger partial charge in [-0.1, -0.05) is 6.92 Å². The molecule has 0 N–H and O–H groups in total. The summed E-state index contributed by atoms with van der Waals surface area (Å²) in [5.74, 6) is 0.833. The summed E-state index contributed by atoms with van der Waals surface area (Å²) in [6.07, 6.45) is 3.09. The third-order valence-corrected chi connectivity index (χ3v) is 3.86. The molecular formula is C11H21NO. The van der Waals surface area contributed by atoms with Crippen LogP contribution in [0.5, 0.6) is 0 Å². The Morgan fingerprint density at radius 3 is 2.69 bits per heavy atom. The third kappa shape index (κ3) is 1.40. The van der Waals surface area contributed by atoms with E-state index in [4.69, 9.17) is 4.74 Å². The highest BCUT2D eigenvalue weighted by Gasteiger charge is 2.52. The van der Waals surface area contributed by atoms with Crippen molar-refractivity contribution in [1.82, 2.24) is 4.90 Å². The van der Waals surface area contributed by atoms with Crippen molar-refractivity contribution in [3.05, 3.63) is 0 Å². The van der Waals surface area contributed by atoms with Gasteiger partial charge in [0, 0.05) is 12.1 Å². The molecule has 0 spiro atoms. The molecule has 2 heteroatoms. The van der Waals surface area contributed by atoms with Crippen LogP contribution in [-0.2, 0) is 4.74 Å². The van der Waals surface area contributed by atoms with Gasteiger partial charge in [0.05, 0.1) is 12.7 Å². The third-order valence-electron chi connectivity index (χ3n) is 3.86. The predicted octanol–water partition coefficient (Wildman–Crippen LogP) is 1.90. The molecule has 0 bridgehead atoms. The Morgan fingerprint density at radius 2 is 2.23 bits per heavy atom. The van der Waals surface area contributed by atoms with Crippen LogP contribution >= 0.6 is 0 Å². The lowest BCUT2D eigenvalue weighted by atomic mass is 9.78. The van der Waals surface area contributed by atoms with Crippen LogP contribution in [0.3, 0.4) is 0 Å². The largest absolute Gasteiger partial charge is 0.377 e. The van der Waals surface area contributed by atoms with E-state index in [0.29, 0.717) is 11.6 Å². The smallest absolute Gasteiger partial charge is 0.0657 e. The highest BCUT2D eigenvalue weighted by Crippen LogP contribution is 2.44. The Labute approximate surface area is 81.3 Å². The number of hydrogen-bond donors (Lipinski definition) is 0. The summed E-state index contributed by atoms with van der Waals surface area (Å²) in [7, 11) is 0. The van der Waals surface area contributed by atoms with E-state index in [1.165, 1.54) is 25.9 Å². The first kappa shape index (κ1) is 9.47. The van der Waals surface area contributed by atoms with Crippen molar-refractivity contribution in [3.8, 4) is 0 Å². The Balaban J connectivity index is 1.94. The molecule has 2 fully saturated rings. The molecule has 2 heterocycles. The number of rotatable bonds is 3. The zero-order valence-corrected chi connectivity index (χ0v) is 9.05. The van der Waals surface area contributed by atoms with E-state index in [9.17, 15) is 0 Å². The standard InChI is InChI=1S/C11H21NO/c1-9(2)13-8-11-5-7-12(11)6-4-10(11)3/h9-10H,4-8H2,1-3H3/t10-,11-/m1/s1. The highest BCUT2D eigenvalue weighted by atomic mass is 16.5. The molecule has 2 aliphatic heterocycles. The van der Waals surface area contributed by atoms with Gasteiger partial charge in [0.2, 0.25) is 0 Å². The number of fused-ring (bicyclic) bond motifs is 1. The first-order valence-corrected chi connectivity index (χ1v) is 5.52. The summed E-state index contributed by atoms with van der Waals surface area (Å²) in [4.78, 5) is 2.61. The van der Waals surface area contributed by atoms with Crippen molar-refractivity contribution in [3.63, 3.8) is 0 Å². The zero-order valence-electron chi connectivity index (χ0n) is 9.05. The van der Waals surface area contributed by atoms with E-state index >= 15 is 0 Å². The fraction of sp³-hybridized carbons (Fsp3) is 1.00. The van der Waals surface area contributed by atoms with Gasteiger partial charge in [-0.05, 0) is 39.2 Å². The number of hydrogen-bond acceptors (Lipinski definition) is 2. The first-order valence-electron chi connectivity index (χ1n) is 5.52. The second-order valence-corrected chi connectivity index (χ2v) is 4.89. The second-order valence-electron chi connectivity index (χ2n) is 4.89. The molecule has 2 atom stereocenters. The van der Waals surface area contributed by atoms with Crippen molar-refractivity contribution in [1.29, 1.82) is 0 Å². The van der Waals surface area contributed by atoms with Crippen molar-refractivity contribution in [2.24, 2.45) is 5.92 Å². The van der Waals surface area contributed by atoms with Crippen LogP contribution in [0.1, 0.15) is 33.6 Å². The van der Waals surface area contributed by atoms with Gasteiger partial charge < -0.3 is 4.74 Å². The van der Waals surface area contributed by atoms with E-state index in [-0.39, 0.29) is 0 Å². The fourth-order valence-electron chi connectivity index (χ4n) is 2.68. The Bertz CT molecular complexity index is 185. The van der Waals surface area contributed by atoms with Gasteiger partial charge in [-0.3, -0.25) is 4.90 Å². The maximum atomic E-state index is 5.78. The van der Waals surface area contributed by atoms with Crippen molar-refractivity contribution >= 4 is 0 Å². The van der Waals surface area contributed by atoms with E-state index in [1.807, 2.05) is 0 Å². The molecule has 0 aromatic carbocycles. The lowest BCUT2D eigenvalue weighted by Gasteiger charge is -2.50. The summed E-state index contributed by atoms with van der Waals surface area (Å²) in [5, 5.41) is 0. The van der Waals surface area contributed by atoms with Crippen LogP contribution < -0.4 is 0 Å². The number of nitrogens with zero attached hydrogens (tertiary/aromatic N) is 1. The fourth-order valence-corrected chi connectivity index (χ4v) is 2.68. The Kier molecular flexibility index (Phi) is 2.37. The average Bonchev–Trinajstić information content (AvgIpc) is 2.21. The maximum Gasteiger partial charge on any atom is 0.0657 e. The molecule has 0 aliphatic carbocycles. The molecule has 0 aromatic rings. The van der Waals surface area contributed by atoms with Crippen molar-refractivity contribution < 1.29 is 4.74 Å². The maximum absolute atomic E-state index is 5.78. The Morgan fingerprint density at radius 1 is 1.46 bits per heavy atom. The van der Waals surface area contributed by atoms with Gasteiger partial charge in [-0.25, -0.2) is 0 Å². The average molecular weight is 183 g/mol. The van der Waals surface area contributed by atoms with Crippen LogP contribution in [0.25, 0.3) is 0 Å². The van der Waals surface area contributed by atoms with E-state index in [2.05, 4.69) is 25.7 Å². The van der Waals surface area contributed by atoms with Crippen molar-refractivity contribution in [2.45, 2.75) is 45.3 Å². The minimum Gasteiger partial charge on any atom is -0.377 e. The molecule has 2 nitrogen and oxygen atoms in total. The van der Waals surface area contributed by atoms with Gasteiger partial charge in [-0.15, -0.1) is 0 Å². The zero-order chi connectivity index (χ0) is 9.47. The summed E-state index contributed by atoms with van der Waals surface area (Å²) in [5.41, 5.74) is 0.435. The van der Waals surface area contributed by atoms with Gasteiger partial charge in [0.1, 0.15) is 0 Å². The lowest BCUT2D eigenvalue weighted by molar-refractivity contribution is -0.0820. The lowest BCUT2D eigenvalue weighted by Crippen LogP contribution is -2.61. The number of ether oxygens (including phenoxy) is 1. The molecule has 0 aromatic heterocycles. The molecule has 0 unspecified atom stereocenters. The molecule has 0 saturated carbocycles. The molecule has 0 amide bonds. The quantitative estimate of drug-likeness (QED) is 0.662. The molecule has 2 aliphatic rings. The first-order chi connectivity index (χ1) is 6.15. The topological polar surface area (TPSA) is 12.5 Å². The second kappa shape index (κ2) is 3.25. The van der Waals surface area contributed by atoms with Gasteiger partial charge in [0.15, 0.2) is 0 Å². The summed E-state index contributed by atoms with van der Waals surface area (Å²) in [6, 6.07) is 0.